The highest BCUT2D eigenvalue weighted by Crippen LogP contribution is 2.20. The minimum atomic E-state index is -0.00765. The van der Waals surface area contributed by atoms with Gasteiger partial charge in [-0.25, -0.2) is 9.97 Å². The van der Waals surface area contributed by atoms with E-state index in [2.05, 4.69) is 39.3 Å². The Labute approximate surface area is 151 Å². The normalized spacial score (nSPS) is 12.2. The van der Waals surface area contributed by atoms with E-state index < -0.39 is 0 Å². The first-order valence-electron chi connectivity index (χ1n) is 8.46. The van der Waals surface area contributed by atoms with Crippen molar-refractivity contribution in [1.82, 2.24) is 19.5 Å². The number of fused-ring (bicyclic) bond motifs is 1. The van der Waals surface area contributed by atoms with E-state index in [1.165, 1.54) is 5.56 Å². The quantitative estimate of drug-likeness (QED) is 0.579. The van der Waals surface area contributed by atoms with Crippen LogP contribution in [0.2, 0.25) is 0 Å². The standard InChI is InChI=1S/C20H19N5O/c1-14(16-5-3-2-4-6-16)23-20-21-10-9-19(24-20)25-13-22-17-8-7-15(12-26)11-18(17)25/h2-11,13-14,26H,12H2,1H3,(H,21,23,24). The zero-order valence-electron chi connectivity index (χ0n) is 14.4. The molecule has 1 unspecified atom stereocenters. The Morgan fingerprint density at radius 1 is 1.08 bits per heavy atom. The lowest BCUT2D eigenvalue weighted by molar-refractivity contribution is 0.282. The molecule has 0 aliphatic heterocycles. The van der Waals surface area contributed by atoms with Crippen LogP contribution in [0.5, 0.6) is 0 Å². The number of imidazole rings is 1. The van der Waals surface area contributed by atoms with Crippen molar-refractivity contribution in [2.45, 2.75) is 19.6 Å². The van der Waals surface area contributed by atoms with Crippen LogP contribution in [0.1, 0.15) is 24.1 Å². The molecule has 0 saturated carbocycles. The number of aliphatic hydroxyl groups is 1. The van der Waals surface area contributed by atoms with Crippen molar-refractivity contribution in [3.63, 3.8) is 0 Å². The second-order valence-corrected chi connectivity index (χ2v) is 6.11. The Kier molecular flexibility index (Phi) is 4.33. The van der Waals surface area contributed by atoms with Crippen LogP contribution < -0.4 is 5.32 Å². The maximum absolute atomic E-state index is 9.38. The van der Waals surface area contributed by atoms with E-state index in [9.17, 15) is 5.11 Å². The molecule has 2 N–H and O–H groups in total. The Morgan fingerprint density at radius 3 is 2.73 bits per heavy atom. The molecule has 26 heavy (non-hydrogen) atoms. The lowest BCUT2D eigenvalue weighted by Gasteiger charge is -2.14. The van der Waals surface area contributed by atoms with Crippen molar-refractivity contribution in [3.05, 3.63) is 78.2 Å². The maximum Gasteiger partial charge on any atom is 0.225 e. The minimum Gasteiger partial charge on any atom is -0.392 e. The summed E-state index contributed by atoms with van der Waals surface area (Å²) in [5, 5.41) is 12.7. The third-order valence-electron chi connectivity index (χ3n) is 4.33. The summed E-state index contributed by atoms with van der Waals surface area (Å²) in [6.07, 6.45) is 3.46. The largest absolute Gasteiger partial charge is 0.392 e. The zero-order chi connectivity index (χ0) is 17.9. The molecule has 0 radical (unpaired) electrons. The fourth-order valence-corrected chi connectivity index (χ4v) is 2.91. The number of nitrogens with one attached hydrogen (secondary N) is 1. The summed E-state index contributed by atoms with van der Waals surface area (Å²) in [5.74, 6) is 1.28. The summed E-state index contributed by atoms with van der Waals surface area (Å²) in [7, 11) is 0. The molecule has 4 aromatic rings. The van der Waals surface area contributed by atoms with E-state index >= 15 is 0 Å². The number of aromatic nitrogens is 4. The highest BCUT2D eigenvalue weighted by atomic mass is 16.3. The molecule has 1 atom stereocenters. The van der Waals surface area contributed by atoms with Gasteiger partial charge in [-0.05, 0) is 36.2 Å². The van der Waals surface area contributed by atoms with Crippen LogP contribution >= 0.6 is 0 Å². The van der Waals surface area contributed by atoms with Crippen LogP contribution in [0, 0.1) is 0 Å². The van der Waals surface area contributed by atoms with Gasteiger partial charge in [0.15, 0.2) is 0 Å². The van der Waals surface area contributed by atoms with Crippen molar-refractivity contribution < 1.29 is 5.11 Å². The molecule has 0 spiro atoms. The van der Waals surface area contributed by atoms with Gasteiger partial charge in [-0.3, -0.25) is 4.57 Å². The van der Waals surface area contributed by atoms with Gasteiger partial charge in [0.1, 0.15) is 12.1 Å². The third-order valence-corrected chi connectivity index (χ3v) is 4.33. The number of benzene rings is 2. The third kappa shape index (κ3) is 3.14. The van der Waals surface area contributed by atoms with Crippen molar-refractivity contribution in [2.75, 3.05) is 5.32 Å². The molecular formula is C20H19N5O. The predicted molar refractivity (Wildman–Crippen MR) is 101 cm³/mol. The highest BCUT2D eigenvalue weighted by Gasteiger charge is 2.10. The van der Waals surface area contributed by atoms with Crippen LogP contribution in [0.4, 0.5) is 5.95 Å². The van der Waals surface area contributed by atoms with E-state index in [4.69, 9.17) is 0 Å². The predicted octanol–water partition coefficient (Wildman–Crippen LogP) is 3.48. The summed E-state index contributed by atoms with van der Waals surface area (Å²) in [6, 6.07) is 17.8. The van der Waals surface area contributed by atoms with Crippen LogP contribution in [0.15, 0.2) is 67.1 Å². The number of nitrogens with zero attached hydrogens (tertiary/aromatic N) is 4. The Balaban J connectivity index is 1.66. The molecule has 6 heteroatoms. The molecule has 0 bridgehead atoms. The fourth-order valence-electron chi connectivity index (χ4n) is 2.91. The molecule has 0 fully saturated rings. The summed E-state index contributed by atoms with van der Waals surface area (Å²) in [6.45, 7) is 2.07. The zero-order valence-corrected chi connectivity index (χ0v) is 14.4. The topological polar surface area (TPSA) is 75.9 Å². The number of hydrogen-bond donors (Lipinski definition) is 2. The van der Waals surface area contributed by atoms with Crippen molar-refractivity contribution in [1.29, 1.82) is 0 Å². The first-order chi connectivity index (χ1) is 12.7. The average molecular weight is 345 g/mol. The van der Waals surface area contributed by atoms with Crippen LogP contribution in [-0.4, -0.2) is 24.6 Å². The molecule has 0 aliphatic rings. The lowest BCUT2D eigenvalue weighted by Crippen LogP contribution is -2.10. The monoisotopic (exact) mass is 345 g/mol. The van der Waals surface area contributed by atoms with Crippen LogP contribution in [-0.2, 0) is 6.61 Å². The maximum atomic E-state index is 9.38. The van der Waals surface area contributed by atoms with E-state index in [0.29, 0.717) is 5.95 Å². The van der Waals surface area contributed by atoms with Gasteiger partial charge in [0.05, 0.1) is 23.7 Å². The summed E-state index contributed by atoms with van der Waals surface area (Å²) in [4.78, 5) is 13.4. The van der Waals surface area contributed by atoms with Gasteiger partial charge in [-0.1, -0.05) is 36.4 Å². The molecule has 0 aliphatic carbocycles. The molecule has 0 saturated heterocycles. The van der Waals surface area contributed by atoms with Crippen molar-refractivity contribution in [2.24, 2.45) is 0 Å². The first-order valence-corrected chi connectivity index (χ1v) is 8.46. The van der Waals surface area contributed by atoms with Crippen LogP contribution in [0.25, 0.3) is 16.9 Å². The molecule has 6 nitrogen and oxygen atoms in total. The fraction of sp³-hybridized carbons (Fsp3) is 0.150. The van der Waals surface area contributed by atoms with E-state index in [1.54, 1.807) is 12.5 Å². The Bertz CT molecular complexity index is 1030. The van der Waals surface area contributed by atoms with Crippen LogP contribution in [0.3, 0.4) is 0 Å². The van der Waals surface area contributed by atoms with Gasteiger partial charge in [-0.15, -0.1) is 0 Å². The average Bonchev–Trinajstić information content (AvgIpc) is 3.12. The van der Waals surface area contributed by atoms with Gasteiger partial charge < -0.3 is 10.4 Å². The SMILES string of the molecule is CC(Nc1nccc(-n2cnc3ccc(CO)cc32)n1)c1ccccc1. The first kappa shape index (κ1) is 16.2. The van der Waals surface area contributed by atoms with E-state index in [-0.39, 0.29) is 12.6 Å². The van der Waals surface area contributed by atoms with Gasteiger partial charge in [0.2, 0.25) is 5.95 Å². The number of rotatable bonds is 5. The molecule has 0 amide bonds. The minimum absolute atomic E-state index is 0.00765. The second kappa shape index (κ2) is 6.93. The Hall–Kier alpha value is -3.25. The smallest absolute Gasteiger partial charge is 0.225 e. The van der Waals surface area contributed by atoms with Crippen molar-refractivity contribution in [3.8, 4) is 5.82 Å². The molecular weight excluding hydrogens is 326 g/mol. The number of aliphatic hydroxyl groups excluding tert-OH is 1. The molecule has 2 aromatic carbocycles. The summed E-state index contributed by atoms with van der Waals surface area (Å²) < 4.78 is 1.90. The van der Waals surface area contributed by atoms with E-state index in [0.717, 1.165) is 22.4 Å². The molecule has 4 rings (SSSR count). The highest BCUT2D eigenvalue weighted by molar-refractivity contribution is 5.77. The van der Waals surface area contributed by atoms with Gasteiger partial charge >= 0.3 is 0 Å². The van der Waals surface area contributed by atoms with Gasteiger partial charge in [0, 0.05) is 6.20 Å². The number of hydrogen-bond acceptors (Lipinski definition) is 5. The molecule has 2 aromatic heterocycles. The summed E-state index contributed by atoms with van der Waals surface area (Å²) in [5.41, 5.74) is 3.76. The summed E-state index contributed by atoms with van der Waals surface area (Å²) >= 11 is 0. The Morgan fingerprint density at radius 2 is 1.92 bits per heavy atom. The molecule has 2 heterocycles. The van der Waals surface area contributed by atoms with Crippen molar-refractivity contribution >= 4 is 17.0 Å². The van der Waals surface area contributed by atoms with Gasteiger partial charge in [-0.2, -0.15) is 4.98 Å². The number of anilines is 1. The molecule has 130 valence electrons. The van der Waals surface area contributed by atoms with Gasteiger partial charge in [0.25, 0.3) is 0 Å². The second-order valence-electron chi connectivity index (χ2n) is 6.11. The van der Waals surface area contributed by atoms with E-state index in [1.807, 2.05) is 47.0 Å². The lowest BCUT2D eigenvalue weighted by atomic mass is 10.1.